The number of nitrogens with one attached hydrogen (secondary N) is 2. The number of carbonyl (C=O) groups is 1. The minimum Gasteiger partial charge on any atom is -0.491 e. The molecule has 5 heteroatoms. The van der Waals surface area contributed by atoms with Crippen molar-refractivity contribution in [2.75, 3.05) is 6.54 Å². The van der Waals surface area contributed by atoms with Gasteiger partial charge in [-0.05, 0) is 45.4 Å². The number of rotatable bonds is 6. The van der Waals surface area contributed by atoms with Crippen LogP contribution in [0, 0.1) is 0 Å². The van der Waals surface area contributed by atoms with Crippen molar-refractivity contribution >= 4 is 6.03 Å². The van der Waals surface area contributed by atoms with Crippen molar-refractivity contribution < 1.29 is 14.6 Å². The number of hydrogen-bond donors (Lipinski definition) is 3. The monoisotopic (exact) mass is 280 g/mol. The maximum atomic E-state index is 11.4. The van der Waals surface area contributed by atoms with E-state index >= 15 is 0 Å². The number of amides is 2. The molecule has 5 nitrogen and oxygen atoms in total. The molecule has 0 aliphatic carbocycles. The highest BCUT2D eigenvalue weighted by Crippen LogP contribution is 2.18. The van der Waals surface area contributed by atoms with Gasteiger partial charge in [-0.1, -0.05) is 12.1 Å². The van der Waals surface area contributed by atoms with E-state index in [4.69, 9.17) is 4.74 Å². The van der Waals surface area contributed by atoms with Crippen molar-refractivity contribution in [1.82, 2.24) is 10.6 Å². The van der Waals surface area contributed by atoms with Crippen molar-refractivity contribution in [1.29, 1.82) is 0 Å². The molecule has 0 saturated carbocycles. The summed E-state index contributed by atoms with van der Waals surface area (Å²) in [6.45, 7) is 7.84. The summed E-state index contributed by atoms with van der Waals surface area (Å²) in [5, 5.41) is 15.3. The number of ether oxygens (including phenoxy) is 1. The smallest absolute Gasteiger partial charge is 0.315 e. The standard InChI is InChI=1S/C15H24N2O3/c1-10(2)17-15(19)16-9-14(18)12-5-7-13(8-6-12)20-11(3)4/h5-8,10-11,14,18H,9H2,1-4H3,(H2,16,17,19). The SMILES string of the molecule is CC(C)NC(=O)NCC(O)c1ccc(OC(C)C)cc1. The van der Waals surface area contributed by atoms with Crippen LogP contribution in [0.2, 0.25) is 0 Å². The number of benzene rings is 1. The van der Waals surface area contributed by atoms with E-state index in [1.54, 1.807) is 12.1 Å². The highest BCUT2D eigenvalue weighted by Gasteiger charge is 2.10. The number of aliphatic hydroxyl groups is 1. The van der Waals surface area contributed by atoms with Gasteiger partial charge in [0.2, 0.25) is 0 Å². The van der Waals surface area contributed by atoms with Gasteiger partial charge in [-0.3, -0.25) is 0 Å². The van der Waals surface area contributed by atoms with E-state index in [1.807, 2.05) is 39.8 Å². The van der Waals surface area contributed by atoms with Gasteiger partial charge in [0.15, 0.2) is 0 Å². The van der Waals surface area contributed by atoms with Crippen LogP contribution in [-0.4, -0.2) is 29.8 Å². The zero-order valence-corrected chi connectivity index (χ0v) is 12.5. The van der Waals surface area contributed by atoms with Crippen molar-refractivity contribution in [3.63, 3.8) is 0 Å². The Kier molecular flexibility index (Phi) is 6.31. The fourth-order valence-corrected chi connectivity index (χ4v) is 1.66. The predicted octanol–water partition coefficient (Wildman–Crippen LogP) is 2.21. The van der Waals surface area contributed by atoms with Crippen molar-refractivity contribution in [2.24, 2.45) is 0 Å². The maximum Gasteiger partial charge on any atom is 0.315 e. The van der Waals surface area contributed by atoms with E-state index in [-0.39, 0.29) is 24.7 Å². The molecule has 0 spiro atoms. The predicted molar refractivity (Wildman–Crippen MR) is 78.8 cm³/mol. The molecule has 112 valence electrons. The third kappa shape index (κ3) is 5.93. The molecule has 0 aromatic heterocycles. The molecule has 2 amide bonds. The van der Waals surface area contributed by atoms with Crippen LogP contribution >= 0.6 is 0 Å². The second-order valence-electron chi connectivity index (χ2n) is 5.26. The summed E-state index contributed by atoms with van der Waals surface area (Å²) >= 11 is 0. The molecule has 1 aromatic carbocycles. The lowest BCUT2D eigenvalue weighted by Crippen LogP contribution is -2.41. The number of urea groups is 1. The first-order chi connectivity index (χ1) is 9.38. The molecule has 0 bridgehead atoms. The fourth-order valence-electron chi connectivity index (χ4n) is 1.66. The molecular formula is C15H24N2O3. The van der Waals surface area contributed by atoms with E-state index < -0.39 is 6.10 Å². The maximum absolute atomic E-state index is 11.4. The Hall–Kier alpha value is -1.75. The van der Waals surface area contributed by atoms with Crippen LogP contribution in [0.3, 0.4) is 0 Å². The lowest BCUT2D eigenvalue weighted by atomic mass is 10.1. The second kappa shape index (κ2) is 7.75. The third-order valence-corrected chi connectivity index (χ3v) is 2.51. The highest BCUT2D eigenvalue weighted by atomic mass is 16.5. The first-order valence-electron chi connectivity index (χ1n) is 6.87. The fraction of sp³-hybridized carbons (Fsp3) is 0.533. The summed E-state index contributed by atoms with van der Waals surface area (Å²) in [6.07, 6.45) is -0.617. The van der Waals surface area contributed by atoms with Crippen LogP contribution in [0.5, 0.6) is 5.75 Å². The minimum atomic E-state index is -0.735. The Bertz CT molecular complexity index is 416. The molecule has 1 aromatic rings. The van der Waals surface area contributed by atoms with Gasteiger partial charge in [-0.2, -0.15) is 0 Å². The zero-order chi connectivity index (χ0) is 15.1. The van der Waals surface area contributed by atoms with E-state index in [1.165, 1.54) is 0 Å². The second-order valence-corrected chi connectivity index (χ2v) is 5.26. The quantitative estimate of drug-likeness (QED) is 0.748. The van der Waals surface area contributed by atoms with E-state index in [9.17, 15) is 9.90 Å². The Labute approximate surface area is 120 Å². The summed E-state index contributed by atoms with van der Waals surface area (Å²) < 4.78 is 5.53. The molecule has 1 atom stereocenters. The Morgan fingerprint density at radius 3 is 2.30 bits per heavy atom. The number of hydrogen-bond acceptors (Lipinski definition) is 3. The van der Waals surface area contributed by atoms with E-state index in [2.05, 4.69) is 10.6 Å². The van der Waals surface area contributed by atoms with Crippen molar-refractivity contribution in [3.05, 3.63) is 29.8 Å². The van der Waals surface area contributed by atoms with Crippen LogP contribution in [0.1, 0.15) is 39.4 Å². The van der Waals surface area contributed by atoms with Gasteiger partial charge >= 0.3 is 6.03 Å². The van der Waals surface area contributed by atoms with Crippen LogP contribution in [0.15, 0.2) is 24.3 Å². The molecular weight excluding hydrogens is 256 g/mol. The number of carbonyl (C=O) groups excluding carboxylic acids is 1. The summed E-state index contributed by atoms with van der Waals surface area (Å²) in [4.78, 5) is 11.4. The Morgan fingerprint density at radius 1 is 1.20 bits per heavy atom. The summed E-state index contributed by atoms with van der Waals surface area (Å²) in [5.41, 5.74) is 0.742. The van der Waals surface area contributed by atoms with Gasteiger partial charge in [-0.25, -0.2) is 4.79 Å². The minimum absolute atomic E-state index is 0.0691. The van der Waals surface area contributed by atoms with Crippen molar-refractivity contribution in [3.8, 4) is 5.75 Å². The average Bonchev–Trinajstić information content (AvgIpc) is 2.35. The van der Waals surface area contributed by atoms with Crippen LogP contribution < -0.4 is 15.4 Å². The normalized spacial score (nSPS) is 12.3. The molecule has 0 heterocycles. The molecule has 1 unspecified atom stereocenters. The van der Waals surface area contributed by atoms with Crippen LogP contribution in [0.25, 0.3) is 0 Å². The first kappa shape index (κ1) is 16.3. The Morgan fingerprint density at radius 2 is 1.80 bits per heavy atom. The van der Waals surface area contributed by atoms with Gasteiger partial charge in [0, 0.05) is 12.6 Å². The molecule has 1 rings (SSSR count). The number of aliphatic hydroxyl groups excluding tert-OH is 1. The molecule has 0 radical (unpaired) electrons. The van der Waals surface area contributed by atoms with Gasteiger partial charge < -0.3 is 20.5 Å². The van der Waals surface area contributed by atoms with Gasteiger partial charge in [0.05, 0.1) is 12.2 Å². The zero-order valence-electron chi connectivity index (χ0n) is 12.5. The summed E-state index contributed by atoms with van der Waals surface area (Å²) in [7, 11) is 0. The van der Waals surface area contributed by atoms with Crippen molar-refractivity contribution in [2.45, 2.75) is 45.9 Å². The van der Waals surface area contributed by atoms with Crippen LogP contribution in [0.4, 0.5) is 4.79 Å². The van der Waals surface area contributed by atoms with E-state index in [0.29, 0.717) is 0 Å². The lowest BCUT2D eigenvalue weighted by molar-refractivity contribution is 0.172. The first-order valence-corrected chi connectivity index (χ1v) is 6.87. The summed E-state index contributed by atoms with van der Waals surface area (Å²) in [5.74, 6) is 0.765. The molecule has 20 heavy (non-hydrogen) atoms. The van der Waals surface area contributed by atoms with Gasteiger partial charge in [0.1, 0.15) is 5.75 Å². The topological polar surface area (TPSA) is 70.6 Å². The molecule has 0 aliphatic heterocycles. The largest absolute Gasteiger partial charge is 0.491 e. The van der Waals surface area contributed by atoms with Gasteiger partial charge in [-0.15, -0.1) is 0 Å². The average molecular weight is 280 g/mol. The molecule has 0 saturated heterocycles. The third-order valence-electron chi connectivity index (χ3n) is 2.51. The summed E-state index contributed by atoms with van der Waals surface area (Å²) in [6, 6.07) is 7.01. The van der Waals surface area contributed by atoms with E-state index in [0.717, 1.165) is 11.3 Å². The lowest BCUT2D eigenvalue weighted by Gasteiger charge is -2.15. The van der Waals surface area contributed by atoms with Gasteiger partial charge in [0.25, 0.3) is 0 Å². The Balaban J connectivity index is 2.47. The molecule has 0 aliphatic rings. The highest BCUT2D eigenvalue weighted by molar-refractivity contribution is 5.74. The molecule has 3 N–H and O–H groups in total. The van der Waals surface area contributed by atoms with Crippen LogP contribution in [-0.2, 0) is 0 Å². The molecule has 0 fully saturated rings.